The summed E-state index contributed by atoms with van der Waals surface area (Å²) in [5.74, 6) is 0.612. The van der Waals surface area contributed by atoms with E-state index in [1.807, 2.05) is 61.5 Å². The average Bonchev–Trinajstić information content (AvgIpc) is 3.35. The molecular formula is C25H24N4O3S. The molecule has 0 amide bonds. The number of para-hydroxylation sites is 1. The van der Waals surface area contributed by atoms with Crippen LogP contribution in [0.25, 0.3) is 22.8 Å². The molecule has 0 saturated carbocycles. The summed E-state index contributed by atoms with van der Waals surface area (Å²) in [7, 11) is -3.73. The van der Waals surface area contributed by atoms with E-state index in [1.165, 1.54) is 4.31 Å². The zero-order chi connectivity index (χ0) is 22.8. The highest BCUT2D eigenvalue weighted by Crippen LogP contribution is 2.31. The summed E-state index contributed by atoms with van der Waals surface area (Å²) < 4.78 is 34.1. The minimum absolute atomic E-state index is 0.178. The SMILES string of the molecule is Cc1ccc(-c2noc(-c3ccccc3S(=O)(=O)N3CCN(c4ccccc4)CC3)n2)cc1. The fraction of sp³-hybridized carbons (Fsp3) is 0.200. The Morgan fingerprint density at radius 3 is 2.21 bits per heavy atom. The number of hydrogen-bond acceptors (Lipinski definition) is 6. The fourth-order valence-corrected chi connectivity index (χ4v) is 5.59. The molecule has 4 aromatic rings. The predicted molar refractivity (Wildman–Crippen MR) is 127 cm³/mol. The summed E-state index contributed by atoms with van der Waals surface area (Å²) >= 11 is 0. The Balaban J connectivity index is 1.40. The third-order valence-corrected chi connectivity index (χ3v) is 7.79. The smallest absolute Gasteiger partial charge is 0.259 e. The van der Waals surface area contributed by atoms with Gasteiger partial charge in [-0.25, -0.2) is 8.42 Å². The standard InChI is InChI=1S/C25H24N4O3S/c1-19-11-13-20(14-12-19)24-26-25(32-27-24)22-9-5-6-10-23(22)33(30,31)29-17-15-28(16-18-29)21-7-3-2-4-8-21/h2-14H,15-18H2,1H3. The molecule has 7 nitrogen and oxygen atoms in total. The molecule has 0 spiro atoms. The second kappa shape index (κ2) is 8.80. The first-order chi connectivity index (χ1) is 16.0. The monoisotopic (exact) mass is 460 g/mol. The molecule has 2 heterocycles. The molecule has 0 aliphatic carbocycles. The minimum atomic E-state index is -3.73. The van der Waals surface area contributed by atoms with Crippen LogP contribution in [-0.2, 0) is 10.0 Å². The number of aromatic nitrogens is 2. The van der Waals surface area contributed by atoms with Gasteiger partial charge in [0.05, 0.1) is 10.5 Å². The highest BCUT2D eigenvalue weighted by molar-refractivity contribution is 7.89. The van der Waals surface area contributed by atoms with E-state index in [0.29, 0.717) is 37.6 Å². The van der Waals surface area contributed by atoms with Gasteiger partial charge in [-0.15, -0.1) is 0 Å². The lowest BCUT2D eigenvalue weighted by atomic mass is 10.1. The molecule has 1 aliphatic rings. The summed E-state index contributed by atoms with van der Waals surface area (Å²) in [6.45, 7) is 4.08. The van der Waals surface area contributed by atoms with Crippen molar-refractivity contribution in [3.8, 4) is 22.8 Å². The van der Waals surface area contributed by atoms with Crippen LogP contribution in [0.2, 0.25) is 0 Å². The van der Waals surface area contributed by atoms with Crippen molar-refractivity contribution in [3.05, 3.63) is 84.4 Å². The average molecular weight is 461 g/mol. The Morgan fingerprint density at radius 1 is 0.818 bits per heavy atom. The minimum Gasteiger partial charge on any atom is -0.369 e. The van der Waals surface area contributed by atoms with E-state index in [1.54, 1.807) is 24.3 Å². The summed E-state index contributed by atoms with van der Waals surface area (Å²) in [4.78, 5) is 6.86. The topological polar surface area (TPSA) is 79.5 Å². The molecule has 168 valence electrons. The van der Waals surface area contributed by atoms with E-state index in [0.717, 1.165) is 16.8 Å². The first-order valence-electron chi connectivity index (χ1n) is 10.8. The molecule has 8 heteroatoms. The van der Waals surface area contributed by atoms with Gasteiger partial charge in [0.2, 0.25) is 15.8 Å². The maximum absolute atomic E-state index is 13.6. The molecule has 33 heavy (non-hydrogen) atoms. The van der Waals surface area contributed by atoms with E-state index in [9.17, 15) is 8.42 Å². The van der Waals surface area contributed by atoms with E-state index < -0.39 is 10.0 Å². The summed E-state index contributed by atoms with van der Waals surface area (Å²) in [5.41, 5.74) is 3.46. The van der Waals surface area contributed by atoms with Crippen LogP contribution in [-0.4, -0.2) is 49.0 Å². The van der Waals surface area contributed by atoms with Gasteiger partial charge in [-0.1, -0.05) is 65.3 Å². The van der Waals surface area contributed by atoms with Crippen LogP contribution < -0.4 is 4.90 Å². The molecule has 1 saturated heterocycles. The molecule has 0 N–H and O–H groups in total. The van der Waals surface area contributed by atoms with E-state index in [4.69, 9.17) is 4.52 Å². The number of benzene rings is 3. The van der Waals surface area contributed by atoms with Crippen molar-refractivity contribution in [2.75, 3.05) is 31.1 Å². The van der Waals surface area contributed by atoms with Gasteiger partial charge in [-0.05, 0) is 31.2 Å². The summed E-state index contributed by atoms with van der Waals surface area (Å²) in [6.07, 6.45) is 0. The van der Waals surface area contributed by atoms with Crippen molar-refractivity contribution >= 4 is 15.7 Å². The van der Waals surface area contributed by atoms with Crippen LogP contribution in [0.4, 0.5) is 5.69 Å². The highest BCUT2D eigenvalue weighted by atomic mass is 32.2. The summed E-state index contributed by atoms with van der Waals surface area (Å²) in [5, 5.41) is 4.07. The maximum atomic E-state index is 13.6. The molecule has 0 bridgehead atoms. The third kappa shape index (κ3) is 4.27. The summed E-state index contributed by atoms with van der Waals surface area (Å²) in [6, 6.07) is 24.6. The van der Waals surface area contributed by atoms with Crippen molar-refractivity contribution in [2.24, 2.45) is 0 Å². The van der Waals surface area contributed by atoms with E-state index >= 15 is 0 Å². The zero-order valence-electron chi connectivity index (χ0n) is 18.3. The third-order valence-electron chi connectivity index (χ3n) is 5.83. The van der Waals surface area contributed by atoms with Gasteiger partial charge in [-0.3, -0.25) is 0 Å². The molecule has 1 fully saturated rings. The second-order valence-electron chi connectivity index (χ2n) is 8.01. The largest absolute Gasteiger partial charge is 0.369 e. The predicted octanol–water partition coefficient (Wildman–Crippen LogP) is 4.22. The maximum Gasteiger partial charge on any atom is 0.259 e. The molecule has 0 radical (unpaired) electrons. The lowest BCUT2D eigenvalue weighted by Crippen LogP contribution is -2.48. The first kappa shape index (κ1) is 21.4. The molecule has 1 aromatic heterocycles. The van der Waals surface area contributed by atoms with Gasteiger partial charge in [0.15, 0.2) is 0 Å². The molecule has 0 unspecified atom stereocenters. The quantitative estimate of drug-likeness (QED) is 0.444. The normalized spacial score (nSPS) is 15.0. The Kier molecular flexibility index (Phi) is 5.70. The Morgan fingerprint density at radius 2 is 1.48 bits per heavy atom. The van der Waals surface area contributed by atoms with Crippen LogP contribution in [0, 0.1) is 6.92 Å². The van der Waals surface area contributed by atoms with Crippen molar-refractivity contribution in [1.29, 1.82) is 0 Å². The number of aryl methyl sites for hydroxylation is 1. The van der Waals surface area contributed by atoms with Crippen molar-refractivity contribution in [1.82, 2.24) is 14.4 Å². The Bertz CT molecular complexity index is 1340. The van der Waals surface area contributed by atoms with Crippen LogP contribution in [0.1, 0.15) is 5.56 Å². The Hall–Kier alpha value is -3.49. The number of hydrogen-bond donors (Lipinski definition) is 0. The number of nitrogens with zero attached hydrogens (tertiary/aromatic N) is 4. The van der Waals surface area contributed by atoms with Gasteiger partial charge in [0, 0.05) is 37.4 Å². The van der Waals surface area contributed by atoms with Crippen LogP contribution in [0.15, 0.2) is 88.3 Å². The lowest BCUT2D eigenvalue weighted by molar-refractivity contribution is 0.384. The van der Waals surface area contributed by atoms with E-state index in [-0.39, 0.29) is 10.8 Å². The van der Waals surface area contributed by atoms with Crippen molar-refractivity contribution in [2.45, 2.75) is 11.8 Å². The number of anilines is 1. The molecular weight excluding hydrogens is 436 g/mol. The lowest BCUT2D eigenvalue weighted by Gasteiger charge is -2.35. The van der Waals surface area contributed by atoms with Gasteiger partial charge >= 0.3 is 0 Å². The van der Waals surface area contributed by atoms with Crippen molar-refractivity contribution in [3.63, 3.8) is 0 Å². The molecule has 0 atom stereocenters. The molecule has 3 aromatic carbocycles. The zero-order valence-corrected chi connectivity index (χ0v) is 19.1. The van der Waals surface area contributed by atoms with Gasteiger partial charge < -0.3 is 9.42 Å². The molecule has 5 rings (SSSR count). The molecule has 1 aliphatic heterocycles. The van der Waals surface area contributed by atoms with Crippen LogP contribution in [0.5, 0.6) is 0 Å². The number of piperazine rings is 1. The fourth-order valence-electron chi connectivity index (χ4n) is 3.99. The van der Waals surface area contributed by atoms with Gasteiger partial charge in [0.1, 0.15) is 0 Å². The van der Waals surface area contributed by atoms with Crippen molar-refractivity contribution < 1.29 is 12.9 Å². The number of rotatable bonds is 5. The Labute approximate surface area is 193 Å². The van der Waals surface area contributed by atoms with Crippen LogP contribution >= 0.6 is 0 Å². The van der Waals surface area contributed by atoms with Crippen LogP contribution in [0.3, 0.4) is 0 Å². The van der Waals surface area contributed by atoms with Gasteiger partial charge in [-0.2, -0.15) is 9.29 Å². The van der Waals surface area contributed by atoms with Gasteiger partial charge in [0.25, 0.3) is 5.89 Å². The second-order valence-corrected chi connectivity index (χ2v) is 9.92. The highest BCUT2D eigenvalue weighted by Gasteiger charge is 2.31. The first-order valence-corrected chi connectivity index (χ1v) is 12.3. The number of sulfonamides is 1. The van der Waals surface area contributed by atoms with E-state index in [2.05, 4.69) is 15.0 Å².